The fourth-order valence-corrected chi connectivity index (χ4v) is 7.50. The number of rotatable bonds is 4. The SMILES string of the molecule is CC(=O)N1CCN(c2nn(C3CC4(CNC4C)C3)c(C)c2-c2c(Cl)ccc3c2cnn3C2CCCCO2)CC1. The number of nitrogens with zero attached hydrogens (tertiary/aromatic N) is 6. The van der Waals surface area contributed by atoms with E-state index in [1.165, 1.54) is 0 Å². The number of carbonyl (C=O) groups excluding carboxylic acids is 1. The summed E-state index contributed by atoms with van der Waals surface area (Å²) in [5.41, 5.74) is 4.69. The van der Waals surface area contributed by atoms with Gasteiger partial charge in [0.2, 0.25) is 5.91 Å². The van der Waals surface area contributed by atoms with Crippen molar-refractivity contribution in [3.05, 3.63) is 29.0 Å². The van der Waals surface area contributed by atoms with Crippen molar-refractivity contribution in [3.8, 4) is 11.1 Å². The van der Waals surface area contributed by atoms with Crippen LogP contribution >= 0.6 is 11.6 Å². The van der Waals surface area contributed by atoms with Crippen molar-refractivity contribution in [3.63, 3.8) is 0 Å². The molecule has 7 rings (SSSR count). The second-order valence-corrected chi connectivity index (χ2v) is 12.4. The molecular formula is C29H38ClN7O2. The predicted octanol–water partition coefficient (Wildman–Crippen LogP) is 4.54. The number of aromatic nitrogens is 4. The Kier molecular flexibility index (Phi) is 6.17. The van der Waals surface area contributed by atoms with Gasteiger partial charge < -0.3 is 19.9 Å². The van der Waals surface area contributed by atoms with Crippen LogP contribution in [0.15, 0.2) is 18.3 Å². The minimum atomic E-state index is -0.0440. The maximum atomic E-state index is 12.0. The Morgan fingerprint density at radius 2 is 1.92 bits per heavy atom. The Morgan fingerprint density at radius 3 is 2.56 bits per heavy atom. The largest absolute Gasteiger partial charge is 0.356 e. The van der Waals surface area contributed by atoms with E-state index in [0.717, 1.165) is 91.9 Å². The minimum Gasteiger partial charge on any atom is -0.356 e. The lowest BCUT2D eigenvalue weighted by atomic mass is 9.57. The number of amides is 1. The van der Waals surface area contributed by atoms with Crippen LogP contribution in [0.25, 0.3) is 22.0 Å². The van der Waals surface area contributed by atoms with Gasteiger partial charge in [-0.3, -0.25) is 9.48 Å². The molecule has 2 aromatic heterocycles. The van der Waals surface area contributed by atoms with Gasteiger partial charge in [0.15, 0.2) is 12.0 Å². The first-order valence-electron chi connectivity index (χ1n) is 14.5. The molecule has 1 saturated carbocycles. The number of piperazine rings is 1. The summed E-state index contributed by atoms with van der Waals surface area (Å²) in [5, 5.41) is 15.4. The summed E-state index contributed by atoms with van der Waals surface area (Å²) in [6.07, 6.45) is 7.41. The number of ether oxygens (including phenoxy) is 1. The molecule has 1 spiro atoms. The average Bonchev–Trinajstić information content (AvgIpc) is 3.49. The lowest BCUT2D eigenvalue weighted by Gasteiger charge is -2.59. The van der Waals surface area contributed by atoms with E-state index in [4.69, 9.17) is 26.5 Å². The van der Waals surface area contributed by atoms with Crippen molar-refractivity contribution >= 4 is 34.2 Å². The molecule has 2 unspecified atom stereocenters. The summed E-state index contributed by atoms with van der Waals surface area (Å²) in [6.45, 7) is 10.9. The van der Waals surface area contributed by atoms with E-state index in [2.05, 4.69) is 34.8 Å². The molecule has 5 heterocycles. The fourth-order valence-electron chi connectivity index (χ4n) is 7.25. The number of benzene rings is 1. The Morgan fingerprint density at radius 1 is 1.13 bits per heavy atom. The molecule has 10 heteroatoms. The number of fused-ring (bicyclic) bond motifs is 1. The first kappa shape index (κ1) is 25.4. The van der Waals surface area contributed by atoms with Gasteiger partial charge in [0.25, 0.3) is 0 Å². The molecule has 39 heavy (non-hydrogen) atoms. The Bertz CT molecular complexity index is 1410. The van der Waals surface area contributed by atoms with E-state index in [1.807, 2.05) is 21.8 Å². The number of carbonyl (C=O) groups is 1. The lowest BCUT2D eigenvalue weighted by molar-refractivity contribution is -0.129. The molecule has 9 nitrogen and oxygen atoms in total. The molecule has 1 N–H and O–H groups in total. The molecule has 1 aromatic carbocycles. The third-order valence-electron chi connectivity index (χ3n) is 9.87. The van der Waals surface area contributed by atoms with Crippen LogP contribution in [-0.2, 0) is 9.53 Å². The van der Waals surface area contributed by atoms with Gasteiger partial charge in [-0.2, -0.15) is 10.2 Å². The summed E-state index contributed by atoms with van der Waals surface area (Å²) in [5.74, 6) is 1.09. The summed E-state index contributed by atoms with van der Waals surface area (Å²) < 4.78 is 10.4. The topological polar surface area (TPSA) is 80.5 Å². The Balaban J connectivity index is 1.32. The van der Waals surface area contributed by atoms with Crippen molar-refractivity contribution in [1.29, 1.82) is 0 Å². The van der Waals surface area contributed by atoms with Crippen LogP contribution < -0.4 is 10.2 Å². The molecule has 3 aliphatic heterocycles. The van der Waals surface area contributed by atoms with Crippen molar-refractivity contribution in [1.82, 2.24) is 29.8 Å². The maximum Gasteiger partial charge on any atom is 0.219 e. The summed E-state index contributed by atoms with van der Waals surface area (Å²) in [7, 11) is 0. The van der Waals surface area contributed by atoms with Crippen molar-refractivity contribution in [2.24, 2.45) is 5.41 Å². The van der Waals surface area contributed by atoms with Crippen LogP contribution in [0.3, 0.4) is 0 Å². The zero-order chi connectivity index (χ0) is 26.9. The van der Waals surface area contributed by atoms with Crippen molar-refractivity contribution in [2.75, 3.05) is 44.2 Å². The van der Waals surface area contributed by atoms with Gasteiger partial charge >= 0.3 is 0 Å². The van der Waals surface area contributed by atoms with E-state index >= 15 is 0 Å². The number of halogens is 1. The van der Waals surface area contributed by atoms with Crippen LogP contribution in [0.5, 0.6) is 0 Å². The fraction of sp³-hybridized carbons (Fsp3) is 0.621. The molecule has 2 atom stereocenters. The van der Waals surface area contributed by atoms with Gasteiger partial charge in [0, 0.05) is 84.9 Å². The van der Waals surface area contributed by atoms with Gasteiger partial charge in [-0.05, 0) is 58.1 Å². The second kappa shape index (κ2) is 9.49. The van der Waals surface area contributed by atoms with E-state index in [0.29, 0.717) is 35.6 Å². The molecule has 0 radical (unpaired) electrons. The Hall–Kier alpha value is -2.62. The number of nitrogens with one attached hydrogen (secondary N) is 1. The molecule has 208 valence electrons. The number of hydrogen-bond donors (Lipinski definition) is 1. The first-order chi connectivity index (χ1) is 18.9. The zero-order valence-electron chi connectivity index (χ0n) is 23.1. The van der Waals surface area contributed by atoms with Gasteiger partial charge in [-0.1, -0.05) is 11.6 Å². The highest BCUT2D eigenvalue weighted by atomic mass is 35.5. The van der Waals surface area contributed by atoms with Crippen LogP contribution in [0, 0.1) is 12.3 Å². The van der Waals surface area contributed by atoms with E-state index in [9.17, 15) is 4.79 Å². The van der Waals surface area contributed by atoms with Crippen LogP contribution in [0.1, 0.15) is 63.9 Å². The molecule has 0 bridgehead atoms. The Labute approximate surface area is 234 Å². The smallest absolute Gasteiger partial charge is 0.219 e. The zero-order valence-corrected chi connectivity index (χ0v) is 23.9. The highest BCUT2D eigenvalue weighted by Gasteiger charge is 2.54. The van der Waals surface area contributed by atoms with E-state index in [1.54, 1.807) is 6.92 Å². The van der Waals surface area contributed by atoms with Gasteiger partial charge in [-0.15, -0.1) is 0 Å². The standard InChI is InChI=1S/C29H38ClN7O2/c1-18-26(27-22-16-32-37(24(22)8-7-23(27)30)25-6-4-5-13-39-25)28(35-11-9-34(10-12-35)20(3)38)33-36(18)21-14-29(15-21)17-31-19(29)2/h7-8,16,19,21,25,31H,4-6,9-15,17H2,1-3H3. The highest BCUT2D eigenvalue weighted by molar-refractivity contribution is 6.35. The molecule has 1 aliphatic carbocycles. The predicted molar refractivity (Wildman–Crippen MR) is 152 cm³/mol. The van der Waals surface area contributed by atoms with E-state index < -0.39 is 0 Å². The van der Waals surface area contributed by atoms with Crippen LogP contribution in [0.2, 0.25) is 5.02 Å². The molecule has 4 fully saturated rings. The molecule has 4 aliphatic rings. The summed E-state index contributed by atoms with van der Waals surface area (Å²) in [4.78, 5) is 16.3. The summed E-state index contributed by atoms with van der Waals surface area (Å²) >= 11 is 7.03. The lowest BCUT2D eigenvalue weighted by Crippen LogP contribution is -2.66. The van der Waals surface area contributed by atoms with Gasteiger partial charge in [0.05, 0.1) is 17.8 Å². The molecule has 3 saturated heterocycles. The normalized spacial score (nSPS) is 29.1. The number of anilines is 1. The maximum absolute atomic E-state index is 12.0. The van der Waals surface area contributed by atoms with E-state index in [-0.39, 0.29) is 12.1 Å². The average molecular weight is 552 g/mol. The molecular weight excluding hydrogens is 514 g/mol. The molecule has 1 amide bonds. The van der Waals surface area contributed by atoms with Crippen molar-refractivity contribution in [2.45, 2.75) is 71.2 Å². The van der Waals surface area contributed by atoms with Crippen molar-refractivity contribution < 1.29 is 9.53 Å². The molecule has 3 aromatic rings. The van der Waals surface area contributed by atoms with Crippen LogP contribution in [-0.4, -0.2) is 75.7 Å². The highest BCUT2D eigenvalue weighted by Crippen LogP contribution is 2.55. The third kappa shape index (κ3) is 3.99. The minimum absolute atomic E-state index is 0.0440. The third-order valence-corrected chi connectivity index (χ3v) is 10.2. The van der Waals surface area contributed by atoms with Gasteiger partial charge in [0.1, 0.15) is 0 Å². The quantitative estimate of drug-likeness (QED) is 0.513. The van der Waals surface area contributed by atoms with Crippen LogP contribution in [0.4, 0.5) is 5.82 Å². The van der Waals surface area contributed by atoms with Gasteiger partial charge in [-0.25, -0.2) is 4.68 Å². The number of hydrogen-bond acceptors (Lipinski definition) is 6. The summed E-state index contributed by atoms with van der Waals surface area (Å²) in [6, 6.07) is 5.02. The second-order valence-electron chi connectivity index (χ2n) is 12.0. The first-order valence-corrected chi connectivity index (χ1v) is 14.8. The monoisotopic (exact) mass is 551 g/mol.